The van der Waals surface area contributed by atoms with E-state index in [1.54, 1.807) is 0 Å². The molecule has 0 saturated heterocycles. The number of benzene rings is 1. The van der Waals surface area contributed by atoms with Crippen molar-refractivity contribution in [2.45, 2.75) is 31.1 Å². The molecule has 2 amide bonds. The Labute approximate surface area is 160 Å². The molecular weight excluding hydrogens is 391 g/mol. The summed E-state index contributed by atoms with van der Waals surface area (Å²) < 4.78 is 37.6. The van der Waals surface area contributed by atoms with Gasteiger partial charge in [0.05, 0.1) is 10.5 Å². The number of anilines is 1. The predicted molar refractivity (Wildman–Crippen MR) is 101 cm³/mol. The quantitative estimate of drug-likeness (QED) is 0.739. The van der Waals surface area contributed by atoms with Gasteiger partial charge in [0.25, 0.3) is 5.91 Å². The summed E-state index contributed by atoms with van der Waals surface area (Å²) in [4.78, 5) is 25.0. The average molecular weight is 410 g/mol. The zero-order chi connectivity index (χ0) is 19.8. The molecule has 3 N–H and O–H groups in total. The SMILES string of the molecule is C[C@H]1CCc2c(sc(NC(=O)CS(=O)(=O)c3ccc(F)cc3)c2C(N)=O)C1. The molecule has 27 heavy (non-hydrogen) atoms. The molecule has 6 nitrogen and oxygen atoms in total. The molecule has 1 heterocycles. The molecule has 0 unspecified atom stereocenters. The Morgan fingerprint density at radius 2 is 1.96 bits per heavy atom. The predicted octanol–water partition coefficient (Wildman–Crippen LogP) is 2.52. The van der Waals surface area contributed by atoms with E-state index in [1.807, 2.05) is 0 Å². The Bertz CT molecular complexity index is 997. The van der Waals surface area contributed by atoms with Crippen LogP contribution in [0.3, 0.4) is 0 Å². The summed E-state index contributed by atoms with van der Waals surface area (Å²) in [6.45, 7) is 2.11. The van der Waals surface area contributed by atoms with Gasteiger partial charge in [0.1, 0.15) is 16.6 Å². The summed E-state index contributed by atoms with van der Waals surface area (Å²) in [6.07, 6.45) is 2.43. The number of nitrogens with two attached hydrogens (primary N) is 1. The van der Waals surface area contributed by atoms with E-state index in [4.69, 9.17) is 5.73 Å². The smallest absolute Gasteiger partial charge is 0.251 e. The normalized spacial score (nSPS) is 16.6. The van der Waals surface area contributed by atoms with E-state index in [0.717, 1.165) is 47.5 Å². The number of carbonyl (C=O) groups excluding carboxylic acids is 2. The lowest BCUT2D eigenvalue weighted by molar-refractivity contribution is -0.113. The number of nitrogens with one attached hydrogen (secondary N) is 1. The molecule has 0 spiro atoms. The third-order valence-corrected chi connectivity index (χ3v) is 7.31. The van der Waals surface area contributed by atoms with Crippen molar-refractivity contribution in [1.29, 1.82) is 0 Å². The van der Waals surface area contributed by atoms with Gasteiger partial charge in [-0.25, -0.2) is 12.8 Å². The number of sulfone groups is 1. The van der Waals surface area contributed by atoms with E-state index in [9.17, 15) is 22.4 Å². The zero-order valence-electron chi connectivity index (χ0n) is 14.6. The molecule has 0 saturated carbocycles. The molecule has 3 rings (SSSR count). The van der Waals surface area contributed by atoms with Gasteiger partial charge in [-0.15, -0.1) is 11.3 Å². The third-order valence-electron chi connectivity index (χ3n) is 4.50. The standard InChI is InChI=1S/C18H19FN2O4S2/c1-10-2-7-13-14(8-10)26-18(16(13)17(20)23)21-15(22)9-27(24,25)12-5-3-11(19)4-6-12/h3-6,10H,2,7-9H2,1H3,(H2,20,23)(H,21,22)/t10-/m0/s1. The molecule has 0 fully saturated rings. The van der Waals surface area contributed by atoms with Crippen molar-refractivity contribution >= 4 is 38.0 Å². The summed E-state index contributed by atoms with van der Waals surface area (Å²) in [5.41, 5.74) is 6.61. The number of fused-ring (bicyclic) bond motifs is 1. The van der Waals surface area contributed by atoms with Gasteiger partial charge in [-0.1, -0.05) is 6.92 Å². The van der Waals surface area contributed by atoms with Crippen LogP contribution in [0.5, 0.6) is 0 Å². The van der Waals surface area contributed by atoms with Crippen LogP contribution in [0, 0.1) is 11.7 Å². The van der Waals surface area contributed by atoms with Crippen LogP contribution in [0.15, 0.2) is 29.2 Å². The van der Waals surface area contributed by atoms with E-state index < -0.39 is 33.2 Å². The van der Waals surface area contributed by atoms with E-state index in [0.29, 0.717) is 17.3 Å². The van der Waals surface area contributed by atoms with Crippen molar-refractivity contribution in [3.8, 4) is 0 Å². The van der Waals surface area contributed by atoms with E-state index in [1.165, 1.54) is 11.3 Å². The average Bonchev–Trinajstić information content (AvgIpc) is 2.91. The number of hydrogen-bond donors (Lipinski definition) is 2. The van der Waals surface area contributed by atoms with Gasteiger partial charge in [0.15, 0.2) is 9.84 Å². The summed E-state index contributed by atoms with van der Waals surface area (Å²) in [5, 5.41) is 2.82. The van der Waals surface area contributed by atoms with Crippen molar-refractivity contribution in [1.82, 2.24) is 0 Å². The van der Waals surface area contributed by atoms with Gasteiger partial charge in [-0.2, -0.15) is 0 Å². The van der Waals surface area contributed by atoms with Crippen LogP contribution in [0.2, 0.25) is 0 Å². The molecule has 0 bridgehead atoms. The van der Waals surface area contributed by atoms with Crippen LogP contribution in [0.25, 0.3) is 0 Å². The zero-order valence-corrected chi connectivity index (χ0v) is 16.3. The molecule has 0 aliphatic heterocycles. The number of thiophene rings is 1. The number of rotatable bonds is 5. The Kier molecular flexibility index (Phi) is 5.34. The summed E-state index contributed by atoms with van der Waals surface area (Å²) >= 11 is 1.27. The summed E-state index contributed by atoms with van der Waals surface area (Å²) in [7, 11) is -3.93. The fourth-order valence-corrected chi connectivity index (χ4v) is 5.73. The Morgan fingerprint density at radius 1 is 1.30 bits per heavy atom. The molecule has 1 aliphatic carbocycles. The fourth-order valence-electron chi connectivity index (χ4n) is 3.16. The lowest BCUT2D eigenvalue weighted by atomic mass is 9.88. The first-order chi connectivity index (χ1) is 12.7. The lowest BCUT2D eigenvalue weighted by Gasteiger charge is -2.18. The van der Waals surface area contributed by atoms with Crippen LogP contribution in [0.1, 0.15) is 34.1 Å². The first-order valence-electron chi connectivity index (χ1n) is 8.40. The van der Waals surface area contributed by atoms with Gasteiger partial charge < -0.3 is 11.1 Å². The molecule has 1 aromatic heterocycles. The lowest BCUT2D eigenvalue weighted by Crippen LogP contribution is -2.24. The monoisotopic (exact) mass is 410 g/mol. The summed E-state index contributed by atoms with van der Waals surface area (Å²) in [5.74, 6) is -2.31. The van der Waals surface area contributed by atoms with Crippen molar-refractivity contribution in [3.63, 3.8) is 0 Å². The molecule has 9 heteroatoms. The fraction of sp³-hybridized carbons (Fsp3) is 0.333. The van der Waals surface area contributed by atoms with Crippen molar-refractivity contribution in [2.75, 3.05) is 11.1 Å². The molecular formula is C18H19FN2O4S2. The van der Waals surface area contributed by atoms with E-state index in [-0.39, 0.29) is 10.5 Å². The molecule has 1 aromatic carbocycles. The number of halogens is 1. The van der Waals surface area contributed by atoms with Crippen molar-refractivity contribution < 1.29 is 22.4 Å². The van der Waals surface area contributed by atoms with E-state index in [2.05, 4.69) is 12.2 Å². The van der Waals surface area contributed by atoms with Gasteiger partial charge in [0.2, 0.25) is 5.91 Å². The first-order valence-corrected chi connectivity index (χ1v) is 10.9. The molecule has 1 atom stereocenters. The van der Waals surface area contributed by atoms with Gasteiger partial charge >= 0.3 is 0 Å². The second-order valence-electron chi connectivity index (χ2n) is 6.68. The highest BCUT2D eigenvalue weighted by Gasteiger charge is 2.28. The molecule has 144 valence electrons. The minimum atomic E-state index is -3.93. The topological polar surface area (TPSA) is 106 Å². The molecule has 1 aliphatic rings. The Morgan fingerprint density at radius 3 is 2.59 bits per heavy atom. The van der Waals surface area contributed by atoms with Crippen molar-refractivity contribution in [3.05, 3.63) is 46.1 Å². The minimum Gasteiger partial charge on any atom is -0.365 e. The van der Waals surface area contributed by atoms with Crippen LogP contribution in [-0.2, 0) is 27.5 Å². The highest BCUT2D eigenvalue weighted by atomic mass is 32.2. The van der Waals surface area contributed by atoms with Crippen LogP contribution in [0.4, 0.5) is 9.39 Å². The first kappa shape index (κ1) is 19.5. The Hall–Kier alpha value is -2.26. The number of carbonyl (C=O) groups is 2. The van der Waals surface area contributed by atoms with Crippen LogP contribution >= 0.6 is 11.3 Å². The maximum atomic E-state index is 13.0. The van der Waals surface area contributed by atoms with Gasteiger partial charge in [-0.3, -0.25) is 9.59 Å². The third kappa shape index (κ3) is 4.19. The molecule has 0 radical (unpaired) electrons. The summed E-state index contributed by atoms with van der Waals surface area (Å²) in [6, 6.07) is 4.25. The van der Waals surface area contributed by atoms with Crippen molar-refractivity contribution in [2.24, 2.45) is 11.7 Å². The van der Waals surface area contributed by atoms with Crippen LogP contribution in [-0.4, -0.2) is 26.0 Å². The largest absolute Gasteiger partial charge is 0.365 e. The molecule has 2 aromatic rings. The maximum Gasteiger partial charge on any atom is 0.251 e. The van der Waals surface area contributed by atoms with Crippen LogP contribution < -0.4 is 11.1 Å². The van der Waals surface area contributed by atoms with Gasteiger partial charge in [0, 0.05) is 4.88 Å². The Balaban J connectivity index is 1.82. The second kappa shape index (κ2) is 7.40. The number of hydrogen-bond acceptors (Lipinski definition) is 5. The number of amides is 2. The van der Waals surface area contributed by atoms with E-state index >= 15 is 0 Å². The highest BCUT2D eigenvalue weighted by Crippen LogP contribution is 2.39. The highest BCUT2D eigenvalue weighted by molar-refractivity contribution is 7.92. The second-order valence-corrected chi connectivity index (χ2v) is 9.78. The number of primary amides is 1. The van der Waals surface area contributed by atoms with Gasteiger partial charge in [-0.05, 0) is 55.0 Å². The minimum absolute atomic E-state index is 0.145. The maximum absolute atomic E-state index is 13.0.